The zero-order valence-corrected chi connectivity index (χ0v) is 15.4. The van der Waals surface area contributed by atoms with E-state index in [2.05, 4.69) is 59.2 Å². The van der Waals surface area contributed by atoms with Crippen LogP contribution in [0.4, 0.5) is 0 Å². The molecule has 0 radical (unpaired) electrons. The van der Waals surface area contributed by atoms with E-state index in [4.69, 9.17) is 0 Å². The predicted octanol–water partition coefficient (Wildman–Crippen LogP) is 2.53. The highest BCUT2D eigenvalue weighted by atomic mass is 32.2. The van der Waals surface area contributed by atoms with Crippen LogP contribution in [0.1, 0.15) is 30.5 Å². The monoisotopic (exact) mass is 358 g/mol. The average Bonchev–Trinajstić information content (AvgIpc) is 2.90. The second kappa shape index (κ2) is 7.68. The average molecular weight is 359 g/mol. The minimum absolute atomic E-state index is 0.129. The van der Waals surface area contributed by atoms with Gasteiger partial charge in [0, 0.05) is 18.6 Å². The fourth-order valence-corrected chi connectivity index (χ4v) is 5.57. The minimum atomic E-state index is -2.88. The molecule has 2 N–H and O–H groups in total. The van der Waals surface area contributed by atoms with E-state index in [0.717, 1.165) is 13.1 Å². The highest BCUT2D eigenvalue weighted by molar-refractivity contribution is 7.91. The molecule has 134 valence electrons. The first kappa shape index (κ1) is 18.1. The van der Waals surface area contributed by atoms with Crippen LogP contribution < -0.4 is 10.6 Å². The lowest BCUT2D eigenvalue weighted by Crippen LogP contribution is -2.46. The normalized spacial score (nSPS) is 22.3. The van der Waals surface area contributed by atoms with Crippen molar-refractivity contribution in [2.75, 3.05) is 24.6 Å². The Balaban J connectivity index is 1.60. The van der Waals surface area contributed by atoms with Gasteiger partial charge in [-0.05, 0) is 24.5 Å². The third-order valence-electron chi connectivity index (χ3n) is 4.79. The zero-order chi connectivity index (χ0) is 17.8. The number of benzene rings is 2. The first-order valence-corrected chi connectivity index (χ1v) is 10.6. The van der Waals surface area contributed by atoms with E-state index >= 15 is 0 Å². The van der Waals surface area contributed by atoms with Crippen molar-refractivity contribution in [3.05, 3.63) is 71.8 Å². The van der Waals surface area contributed by atoms with Gasteiger partial charge in [-0.25, -0.2) is 8.42 Å². The molecular weight excluding hydrogens is 332 g/mol. The lowest BCUT2D eigenvalue weighted by Gasteiger charge is -2.25. The van der Waals surface area contributed by atoms with Gasteiger partial charge in [0.2, 0.25) is 0 Å². The molecule has 0 amide bonds. The Kier molecular flexibility index (Phi) is 5.57. The van der Waals surface area contributed by atoms with Gasteiger partial charge >= 0.3 is 0 Å². The molecule has 0 aliphatic carbocycles. The van der Waals surface area contributed by atoms with Crippen molar-refractivity contribution < 1.29 is 8.42 Å². The van der Waals surface area contributed by atoms with Gasteiger partial charge in [0.25, 0.3) is 0 Å². The van der Waals surface area contributed by atoms with Crippen LogP contribution in [0, 0.1) is 0 Å². The Labute approximate surface area is 150 Å². The maximum Gasteiger partial charge on any atom is 0.152 e. The van der Waals surface area contributed by atoms with Gasteiger partial charge in [-0.3, -0.25) is 0 Å². The van der Waals surface area contributed by atoms with Crippen LogP contribution in [-0.2, 0) is 9.84 Å². The lowest BCUT2D eigenvalue weighted by molar-refractivity contribution is 0.391. The van der Waals surface area contributed by atoms with Gasteiger partial charge in [0.1, 0.15) is 0 Å². The first-order valence-electron chi connectivity index (χ1n) is 8.76. The van der Waals surface area contributed by atoms with Crippen molar-refractivity contribution in [1.29, 1.82) is 0 Å². The van der Waals surface area contributed by atoms with Crippen molar-refractivity contribution in [1.82, 2.24) is 10.6 Å². The van der Waals surface area contributed by atoms with E-state index < -0.39 is 9.84 Å². The van der Waals surface area contributed by atoms with E-state index in [-0.39, 0.29) is 17.3 Å². The largest absolute Gasteiger partial charge is 0.309 e. The molecule has 4 nitrogen and oxygen atoms in total. The van der Waals surface area contributed by atoms with Crippen LogP contribution in [0.15, 0.2) is 60.7 Å². The van der Waals surface area contributed by atoms with Crippen molar-refractivity contribution in [3.8, 4) is 0 Å². The molecule has 0 aromatic heterocycles. The lowest BCUT2D eigenvalue weighted by atomic mass is 9.98. The van der Waals surface area contributed by atoms with Gasteiger partial charge in [-0.15, -0.1) is 0 Å². The maximum absolute atomic E-state index is 11.7. The molecule has 1 saturated heterocycles. The molecule has 5 heteroatoms. The fraction of sp³-hybridized carbons (Fsp3) is 0.400. The summed E-state index contributed by atoms with van der Waals surface area (Å²) < 4.78 is 23.4. The minimum Gasteiger partial charge on any atom is -0.309 e. The van der Waals surface area contributed by atoms with Crippen molar-refractivity contribution >= 4 is 9.84 Å². The van der Waals surface area contributed by atoms with Gasteiger partial charge in [-0.1, -0.05) is 60.7 Å². The molecule has 0 bridgehead atoms. The van der Waals surface area contributed by atoms with Gasteiger partial charge in [0.15, 0.2) is 9.84 Å². The van der Waals surface area contributed by atoms with Crippen LogP contribution in [0.3, 0.4) is 0 Å². The number of rotatable bonds is 7. The summed E-state index contributed by atoms with van der Waals surface area (Å²) in [4.78, 5) is 0. The third kappa shape index (κ3) is 4.91. The van der Waals surface area contributed by atoms with Crippen LogP contribution >= 0.6 is 0 Å². The summed E-state index contributed by atoms with van der Waals surface area (Å²) in [7, 11) is -2.88. The Morgan fingerprint density at radius 1 is 0.960 bits per heavy atom. The fourth-order valence-electron chi connectivity index (χ4n) is 3.45. The molecule has 25 heavy (non-hydrogen) atoms. The molecule has 0 saturated carbocycles. The standard InChI is InChI=1S/C20H26N2O2S/c1-20(12-15-25(23,24)16-20)22-14-13-21-19(17-8-4-2-5-9-17)18-10-6-3-7-11-18/h2-11,19,21-22H,12-16H2,1H3/t20-/m1/s1. The summed E-state index contributed by atoms with van der Waals surface area (Å²) in [5.74, 6) is 0.529. The van der Waals surface area contributed by atoms with Crippen molar-refractivity contribution in [2.45, 2.75) is 24.9 Å². The van der Waals surface area contributed by atoms with Gasteiger partial charge in [-0.2, -0.15) is 0 Å². The summed E-state index contributed by atoms with van der Waals surface area (Å²) in [6.45, 7) is 3.51. The Morgan fingerprint density at radius 3 is 2.00 bits per heavy atom. The summed E-state index contributed by atoms with van der Waals surface area (Å²) in [5, 5.41) is 7.03. The molecule has 1 fully saturated rings. The van der Waals surface area contributed by atoms with E-state index in [0.29, 0.717) is 12.2 Å². The van der Waals surface area contributed by atoms with Gasteiger partial charge in [0.05, 0.1) is 17.5 Å². The van der Waals surface area contributed by atoms with E-state index in [1.54, 1.807) is 0 Å². The SMILES string of the molecule is C[C@@]1(NCCNC(c2ccccc2)c2ccccc2)CCS(=O)(=O)C1. The Morgan fingerprint density at radius 2 is 1.52 bits per heavy atom. The summed E-state index contributed by atoms with van der Waals surface area (Å²) >= 11 is 0. The number of hydrogen-bond acceptors (Lipinski definition) is 4. The van der Waals surface area contributed by atoms with Gasteiger partial charge < -0.3 is 10.6 Å². The summed E-state index contributed by atoms with van der Waals surface area (Å²) in [6, 6.07) is 20.9. The predicted molar refractivity (Wildman–Crippen MR) is 102 cm³/mol. The molecule has 2 aromatic rings. The van der Waals surface area contributed by atoms with E-state index in [9.17, 15) is 8.42 Å². The van der Waals surface area contributed by atoms with Crippen molar-refractivity contribution in [3.63, 3.8) is 0 Å². The molecular formula is C20H26N2O2S. The summed E-state index contributed by atoms with van der Waals surface area (Å²) in [5.41, 5.74) is 2.15. The highest BCUT2D eigenvalue weighted by Crippen LogP contribution is 2.23. The zero-order valence-electron chi connectivity index (χ0n) is 14.6. The molecule has 1 heterocycles. The Hall–Kier alpha value is -1.69. The second-order valence-electron chi connectivity index (χ2n) is 7.04. The van der Waals surface area contributed by atoms with Crippen LogP contribution in [0.2, 0.25) is 0 Å². The number of sulfone groups is 1. The molecule has 0 unspecified atom stereocenters. The third-order valence-corrected chi connectivity index (χ3v) is 6.70. The molecule has 1 aliphatic rings. The van der Waals surface area contributed by atoms with Crippen molar-refractivity contribution in [2.24, 2.45) is 0 Å². The topological polar surface area (TPSA) is 58.2 Å². The maximum atomic E-state index is 11.7. The van der Waals surface area contributed by atoms with E-state index in [1.807, 2.05) is 19.1 Å². The smallest absolute Gasteiger partial charge is 0.152 e. The first-order chi connectivity index (χ1) is 12.0. The van der Waals surface area contributed by atoms with Crippen LogP contribution in [-0.4, -0.2) is 38.6 Å². The Bertz CT molecular complexity index is 738. The molecule has 1 atom stereocenters. The van der Waals surface area contributed by atoms with E-state index in [1.165, 1.54) is 11.1 Å². The summed E-state index contributed by atoms with van der Waals surface area (Å²) in [6.07, 6.45) is 0.691. The quantitative estimate of drug-likeness (QED) is 0.747. The number of nitrogens with one attached hydrogen (secondary N) is 2. The molecule has 0 spiro atoms. The number of hydrogen-bond donors (Lipinski definition) is 2. The highest BCUT2D eigenvalue weighted by Gasteiger charge is 2.37. The van der Waals surface area contributed by atoms with Crippen LogP contribution in [0.25, 0.3) is 0 Å². The molecule has 2 aromatic carbocycles. The molecule has 3 rings (SSSR count). The van der Waals surface area contributed by atoms with Crippen LogP contribution in [0.5, 0.6) is 0 Å². The molecule has 1 aliphatic heterocycles. The second-order valence-corrected chi connectivity index (χ2v) is 9.22.